The number of nitrogens with one attached hydrogen (secondary N) is 1. The van der Waals surface area contributed by atoms with E-state index in [1.807, 2.05) is 0 Å². The molecule has 2 nitrogen and oxygen atoms in total. The minimum absolute atomic E-state index is 0.581. The van der Waals surface area contributed by atoms with Crippen LogP contribution in [0, 0.1) is 0 Å². The Labute approximate surface area is 77.8 Å². The molecule has 68 valence electrons. The summed E-state index contributed by atoms with van der Waals surface area (Å²) >= 11 is 0. The molecule has 1 aromatic carbocycles. The number of rotatable bonds is 2. The van der Waals surface area contributed by atoms with Gasteiger partial charge in [-0.2, -0.15) is 0 Å². The summed E-state index contributed by atoms with van der Waals surface area (Å²) in [6, 6.07) is 8.48. The number of fused-ring (bicyclic) bond motifs is 1. The molecular formula is C11H14N2. The highest BCUT2D eigenvalue weighted by molar-refractivity contribution is 5.83. The number of hydrogen-bond donors (Lipinski definition) is 2. The van der Waals surface area contributed by atoms with Crippen LogP contribution in [-0.4, -0.2) is 4.98 Å². The zero-order valence-electron chi connectivity index (χ0n) is 7.80. The standard InChI is InChI=1S/C11H14N2/c1-2-8-4-3-5-11-10(8)6-9(7-12)13-11/h3-6,13H,2,7,12H2,1H3. The molecule has 0 fully saturated rings. The zero-order chi connectivity index (χ0) is 9.26. The van der Waals surface area contributed by atoms with Crippen LogP contribution >= 0.6 is 0 Å². The van der Waals surface area contributed by atoms with Crippen molar-refractivity contribution >= 4 is 10.9 Å². The van der Waals surface area contributed by atoms with Crippen LogP contribution in [0.25, 0.3) is 10.9 Å². The lowest BCUT2D eigenvalue weighted by Gasteiger charge is -1.96. The van der Waals surface area contributed by atoms with Gasteiger partial charge in [-0.3, -0.25) is 0 Å². The quantitative estimate of drug-likeness (QED) is 0.720. The molecule has 0 atom stereocenters. The molecule has 0 saturated carbocycles. The first kappa shape index (κ1) is 8.32. The maximum atomic E-state index is 5.57. The van der Waals surface area contributed by atoms with Gasteiger partial charge in [-0.05, 0) is 24.1 Å². The van der Waals surface area contributed by atoms with Gasteiger partial charge in [0.1, 0.15) is 0 Å². The van der Waals surface area contributed by atoms with E-state index in [1.165, 1.54) is 16.5 Å². The number of nitrogens with two attached hydrogens (primary N) is 1. The second-order valence-electron chi connectivity index (χ2n) is 3.23. The first-order chi connectivity index (χ1) is 6.35. The lowest BCUT2D eigenvalue weighted by atomic mass is 10.1. The van der Waals surface area contributed by atoms with E-state index in [-0.39, 0.29) is 0 Å². The highest BCUT2D eigenvalue weighted by Crippen LogP contribution is 2.19. The predicted molar refractivity (Wildman–Crippen MR) is 55.6 cm³/mol. The molecule has 2 aromatic rings. The number of benzene rings is 1. The van der Waals surface area contributed by atoms with E-state index in [4.69, 9.17) is 5.73 Å². The minimum atomic E-state index is 0.581. The van der Waals surface area contributed by atoms with E-state index >= 15 is 0 Å². The van der Waals surface area contributed by atoms with Crippen molar-refractivity contribution in [3.63, 3.8) is 0 Å². The second kappa shape index (κ2) is 3.23. The Balaban J connectivity index is 2.67. The Morgan fingerprint density at radius 2 is 2.23 bits per heavy atom. The van der Waals surface area contributed by atoms with Gasteiger partial charge in [0.05, 0.1) is 0 Å². The molecule has 0 spiro atoms. The van der Waals surface area contributed by atoms with Crippen molar-refractivity contribution < 1.29 is 0 Å². The topological polar surface area (TPSA) is 41.8 Å². The zero-order valence-corrected chi connectivity index (χ0v) is 7.80. The maximum Gasteiger partial charge on any atom is 0.0459 e. The van der Waals surface area contributed by atoms with Crippen LogP contribution in [0.2, 0.25) is 0 Å². The third kappa shape index (κ3) is 1.33. The summed E-state index contributed by atoms with van der Waals surface area (Å²) in [5.74, 6) is 0. The first-order valence-electron chi connectivity index (χ1n) is 4.64. The summed E-state index contributed by atoms with van der Waals surface area (Å²) in [6.07, 6.45) is 1.07. The van der Waals surface area contributed by atoms with Crippen molar-refractivity contribution in [3.8, 4) is 0 Å². The van der Waals surface area contributed by atoms with Crippen LogP contribution in [0.3, 0.4) is 0 Å². The average Bonchev–Trinajstić information content (AvgIpc) is 2.59. The van der Waals surface area contributed by atoms with E-state index < -0.39 is 0 Å². The van der Waals surface area contributed by atoms with Gasteiger partial charge < -0.3 is 10.7 Å². The van der Waals surface area contributed by atoms with Gasteiger partial charge >= 0.3 is 0 Å². The lowest BCUT2D eigenvalue weighted by Crippen LogP contribution is -1.94. The first-order valence-corrected chi connectivity index (χ1v) is 4.64. The molecule has 0 radical (unpaired) electrons. The van der Waals surface area contributed by atoms with Crippen LogP contribution in [0.5, 0.6) is 0 Å². The van der Waals surface area contributed by atoms with Crippen LogP contribution in [0.15, 0.2) is 24.3 Å². The molecule has 0 saturated heterocycles. The third-order valence-corrected chi connectivity index (χ3v) is 2.41. The van der Waals surface area contributed by atoms with E-state index in [0.29, 0.717) is 6.54 Å². The van der Waals surface area contributed by atoms with Crippen molar-refractivity contribution in [2.75, 3.05) is 0 Å². The van der Waals surface area contributed by atoms with Crippen LogP contribution in [0.1, 0.15) is 18.2 Å². The molecule has 0 aliphatic rings. The van der Waals surface area contributed by atoms with Crippen LogP contribution < -0.4 is 5.73 Å². The minimum Gasteiger partial charge on any atom is -0.357 e. The van der Waals surface area contributed by atoms with Crippen LogP contribution in [-0.2, 0) is 13.0 Å². The fraction of sp³-hybridized carbons (Fsp3) is 0.273. The molecule has 0 unspecified atom stereocenters. The van der Waals surface area contributed by atoms with Crippen molar-refractivity contribution in [2.45, 2.75) is 19.9 Å². The molecule has 2 rings (SSSR count). The third-order valence-electron chi connectivity index (χ3n) is 2.41. The molecule has 2 heteroatoms. The molecule has 13 heavy (non-hydrogen) atoms. The molecule has 0 bridgehead atoms. The Hall–Kier alpha value is -1.28. The summed E-state index contributed by atoms with van der Waals surface area (Å²) in [5, 5.41) is 1.31. The van der Waals surface area contributed by atoms with Crippen LogP contribution in [0.4, 0.5) is 0 Å². The Morgan fingerprint density at radius 3 is 2.92 bits per heavy atom. The van der Waals surface area contributed by atoms with Gasteiger partial charge in [0.2, 0.25) is 0 Å². The number of aryl methyl sites for hydroxylation is 1. The van der Waals surface area contributed by atoms with E-state index in [9.17, 15) is 0 Å². The van der Waals surface area contributed by atoms with Crippen molar-refractivity contribution in [1.29, 1.82) is 0 Å². The monoisotopic (exact) mass is 174 g/mol. The SMILES string of the molecule is CCc1cccc2[nH]c(CN)cc12. The lowest BCUT2D eigenvalue weighted by molar-refractivity contribution is 1.02. The summed E-state index contributed by atoms with van der Waals surface area (Å²) in [5.41, 5.74) is 9.26. The molecule has 1 heterocycles. The normalized spacial score (nSPS) is 10.9. The van der Waals surface area contributed by atoms with Crippen molar-refractivity contribution in [1.82, 2.24) is 4.98 Å². The summed E-state index contributed by atoms with van der Waals surface area (Å²) < 4.78 is 0. The largest absolute Gasteiger partial charge is 0.357 e. The Kier molecular flexibility index (Phi) is 2.07. The van der Waals surface area contributed by atoms with Crippen molar-refractivity contribution in [3.05, 3.63) is 35.5 Å². The number of aromatic amines is 1. The molecule has 0 aliphatic heterocycles. The van der Waals surface area contributed by atoms with Gasteiger partial charge in [0, 0.05) is 23.1 Å². The van der Waals surface area contributed by atoms with E-state index in [1.54, 1.807) is 0 Å². The average molecular weight is 174 g/mol. The summed E-state index contributed by atoms with van der Waals surface area (Å²) in [7, 11) is 0. The van der Waals surface area contributed by atoms with Gasteiger partial charge in [0.15, 0.2) is 0 Å². The summed E-state index contributed by atoms with van der Waals surface area (Å²) in [4.78, 5) is 3.29. The smallest absolute Gasteiger partial charge is 0.0459 e. The molecule has 3 N–H and O–H groups in total. The fourth-order valence-electron chi connectivity index (χ4n) is 1.69. The predicted octanol–water partition coefficient (Wildman–Crippen LogP) is 2.19. The van der Waals surface area contributed by atoms with Crippen molar-refractivity contribution in [2.24, 2.45) is 5.73 Å². The van der Waals surface area contributed by atoms with Gasteiger partial charge in [0.25, 0.3) is 0 Å². The molecular weight excluding hydrogens is 160 g/mol. The maximum absolute atomic E-state index is 5.57. The molecule has 0 aliphatic carbocycles. The highest BCUT2D eigenvalue weighted by atomic mass is 14.7. The second-order valence-corrected chi connectivity index (χ2v) is 3.23. The van der Waals surface area contributed by atoms with E-state index in [2.05, 4.69) is 36.2 Å². The fourth-order valence-corrected chi connectivity index (χ4v) is 1.69. The Morgan fingerprint density at radius 1 is 1.38 bits per heavy atom. The number of H-pyrrole nitrogens is 1. The Bertz CT molecular complexity index is 415. The summed E-state index contributed by atoms with van der Waals surface area (Å²) in [6.45, 7) is 2.75. The molecule has 1 aromatic heterocycles. The van der Waals surface area contributed by atoms with E-state index in [0.717, 1.165) is 12.1 Å². The molecule has 0 amide bonds. The van der Waals surface area contributed by atoms with Gasteiger partial charge in [-0.15, -0.1) is 0 Å². The number of aromatic nitrogens is 1. The van der Waals surface area contributed by atoms with Gasteiger partial charge in [-0.25, -0.2) is 0 Å². The number of hydrogen-bond acceptors (Lipinski definition) is 1. The highest BCUT2D eigenvalue weighted by Gasteiger charge is 2.02. The van der Waals surface area contributed by atoms with Gasteiger partial charge in [-0.1, -0.05) is 19.1 Å².